The Bertz CT molecular complexity index is 731. The first-order chi connectivity index (χ1) is 11.1. The minimum atomic E-state index is -0.342. The number of methoxy groups -OCH3 is 1. The number of aromatic nitrogens is 2. The molecule has 1 aromatic heterocycles. The van der Waals surface area contributed by atoms with Crippen LogP contribution in [0.15, 0.2) is 30.7 Å². The molecule has 23 heavy (non-hydrogen) atoms. The van der Waals surface area contributed by atoms with Gasteiger partial charge in [-0.1, -0.05) is 0 Å². The van der Waals surface area contributed by atoms with E-state index in [-0.39, 0.29) is 12.1 Å². The third-order valence-corrected chi connectivity index (χ3v) is 4.56. The van der Waals surface area contributed by atoms with Crippen LogP contribution in [0.3, 0.4) is 0 Å². The number of hydrogen-bond donors (Lipinski definition) is 0. The molecule has 1 unspecified atom stereocenters. The molecule has 0 saturated carbocycles. The second-order valence-corrected chi connectivity index (χ2v) is 5.87. The van der Waals surface area contributed by atoms with Crippen molar-refractivity contribution in [3.63, 3.8) is 0 Å². The zero-order chi connectivity index (χ0) is 16.6. The van der Waals surface area contributed by atoms with Crippen molar-refractivity contribution in [2.45, 2.75) is 12.7 Å². The van der Waals surface area contributed by atoms with Gasteiger partial charge in [0.15, 0.2) is 0 Å². The minimum Gasteiger partial charge on any atom is -0.465 e. The number of rotatable bonds is 4. The number of hydrogen-bond acceptors (Lipinski definition) is 5. The van der Waals surface area contributed by atoms with E-state index in [1.54, 1.807) is 12.4 Å². The summed E-state index contributed by atoms with van der Waals surface area (Å²) in [6, 6.07) is 5.57. The van der Waals surface area contributed by atoms with Crippen LogP contribution in [0.4, 0.5) is 11.4 Å². The van der Waals surface area contributed by atoms with Gasteiger partial charge in [-0.3, -0.25) is 0 Å². The SMILES string of the molecule is COC(=O)c1ccc2c(c1)N(Cc1cncn1C)C(CCl)N2C. The fraction of sp³-hybridized carbons (Fsp3) is 0.375. The molecule has 6 nitrogen and oxygen atoms in total. The molecule has 1 atom stereocenters. The molecule has 1 aromatic carbocycles. The van der Waals surface area contributed by atoms with E-state index in [1.807, 2.05) is 37.0 Å². The van der Waals surface area contributed by atoms with Gasteiger partial charge in [-0.15, -0.1) is 11.6 Å². The Morgan fingerprint density at radius 1 is 1.35 bits per heavy atom. The summed E-state index contributed by atoms with van der Waals surface area (Å²) in [5.41, 5.74) is 3.63. The molecule has 1 aliphatic heterocycles. The summed E-state index contributed by atoms with van der Waals surface area (Å²) < 4.78 is 6.80. The summed E-state index contributed by atoms with van der Waals surface area (Å²) in [6.45, 7) is 0.663. The Balaban J connectivity index is 2.01. The van der Waals surface area contributed by atoms with Crippen LogP contribution < -0.4 is 9.80 Å². The van der Waals surface area contributed by atoms with Crippen molar-refractivity contribution in [1.82, 2.24) is 9.55 Å². The molecule has 0 aliphatic carbocycles. The Labute approximate surface area is 140 Å². The summed E-state index contributed by atoms with van der Waals surface area (Å²) in [5.74, 6) is 0.113. The van der Waals surface area contributed by atoms with Crippen LogP contribution in [0.2, 0.25) is 0 Å². The monoisotopic (exact) mass is 334 g/mol. The first-order valence-corrected chi connectivity index (χ1v) is 7.83. The fourth-order valence-corrected chi connectivity index (χ4v) is 3.29. The van der Waals surface area contributed by atoms with Crippen molar-refractivity contribution >= 4 is 28.9 Å². The van der Waals surface area contributed by atoms with Gasteiger partial charge >= 0.3 is 5.97 Å². The predicted molar refractivity (Wildman–Crippen MR) is 90.1 cm³/mol. The highest BCUT2D eigenvalue weighted by Crippen LogP contribution is 2.40. The van der Waals surface area contributed by atoms with Crippen LogP contribution in [0.25, 0.3) is 0 Å². The number of ether oxygens (including phenoxy) is 1. The number of anilines is 2. The second kappa shape index (κ2) is 6.12. The number of fused-ring (bicyclic) bond motifs is 1. The number of esters is 1. The number of alkyl halides is 1. The number of benzene rings is 1. The third kappa shape index (κ3) is 2.63. The van der Waals surface area contributed by atoms with E-state index in [1.165, 1.54) is 7.11 Å². The fourth-order valence-electron chi connectivity index (χ4n) is 2.92. The first kappa shape index (κ1) is 15.7. The molecule has 0 saturated heterocycles. The largest absolute Gasteiger partial charge is 0.465 e. The number of nitrogens with zero attached hydrogens (tertiary/aromatic N) is 4. The van der Waals surface area contributed by atoms with Gasteiger partial charge in [-0.05, 0) is 18.2 Å². The smallest absolute Gasteiger partial charge is 0.337 e. The summed E-state index contributed by atoms with van der Waals surface area (Å²) in [5, 5.41) is 0. The predicted octanol–water partition coefficient (Wildman–Crippen LogP) is 2.23. The van der Waals surface area contributed by atoms with Crippen LogP contribution in [0.1, 0.15) is 16.1 Å². The standard InChI is InChI=1S/C16H19ClN4O2/c1-19-10-18-8-12(19)9-21-14-6-11(16(22)23-3)4-5-13(14)20(2)15(21)7-17/h4-6,8,10,15H,7,9H2,1-3H3. The second-order valence-electron chi connectivity index (χ2n) is 5.56. The maximum atomic E-state index is 11.8. The maximum Gasteiger partial charge on any atom is 0.337 e. The highest BCUT2D eigenvalue weighted by atomic mass is 35.5. The van der Waals surface area contributed by atoms with Crippen molar-refractivity contribution in [1.29, 1.82) is 0 Å². The average Bonchev–Trinajstić information content (AvgIpc) is 3.08. The van der Waals surface area contributed by atoms with Gasteiger partial charge in [0.2, 0.25) is 0 Å². The van der Waals surface area contributed by atoms with E-state index in [9.17, 15) is 4.79 Å². The number of halogens is 1. The van der Waals surface area contributed by atoms with E-state index in [0.717, 1.165) is 17.1 Å². The molecule has 0 amide bonds. The molecule has 2 aromatic rings. The van der Waals surface area contributed by atoms with Gasteiger partial charge < -0.3 is 19.1 Å². The van der Waals surface area contributed by atoms with Crippen LogP contribution in [-0.4, -0.2) is 41.7 Å². The van der Waals surface area contributed by atoms with Crippen molar-refractivity contribution < 1.29 is 9.53 Å². The Morgan fingerprint density at radius 2 is 2.13 bits per heavy atom. The molecular weight excluding hydrogens is 316 g/mol. The van der Waals surface area contributed by atoms with Crippen molar-refractivity contribution in [2.75, 3.05) is 29.8 Å². The number of carbonyl (C=O) groups excluding carboxylic acids is 1. The lowest BCUT2D eigenvalue weighted by molar-refractivity contribution is 0.0601. The van der Waals surface area contributed by atoms with Gasteiger partial charge in [0.05, 0.1) is 48.5 Å². The quantitative estimate of drug-likeness (QED) is 0.634. The molecule has 122 valence electrons. The summed E-state index contributed by atoms with van der Waals surface area (Å²) >= 11 is 6.20. The van der Waals surface area contributed by atoms with Crippen LogP contribution in [0.5, 0.6) is 0 Å². The van der Waals surface area contributed by atoms with Crippen molar-refractivity contribution in [3.05, 3.63) is 42.0 Å². The highest BCUT2D eigenvalue weighted by molar-refractivity contribution is 6.18. The zero-order valence-corrected chi connectivity index (χ0v) is 14.1. The molecule has 2 heterocycles. The first-order valence-electron chi connectivity index (χ1n) is 7.29. The molecule has 0 radical (unpaired) electrons. The summed E-state index contributed by atoms with van der Waals surface area (Å²) in [7, 11) is 5.35. The van der Waals surface area contributed by atoms with Gasteiger partial charge in [0, 0.05) is 20.3 Å². The highest BCUT2D eigenvalue weighted by Gasteiger charge is 2.34. The Kier molecular flexibility index (Phi) is 4.17. The van der Waals surface area contributed by atoms with Gasteiger partial charge in [0.1, 0.15) is 6.17 Å². The zero-order valence-electron chi connectivity index (χ0n) is 13.4. The van der Waals surface area contributed by atoms with Crippen LogP contribution in [-0.2, 0) is 18.3 Å². The molecule has 0 N–H and O–H groups in total. The van der Waals surface area contributed by atoms with Gasteiger partial charge in [-0.25, -0.2) is 9.78 Å². The molecular formula is C16H19ClN4O2. The van der Waals surface area contributed by atoms with E-state index >= 15 is 0 Å². The lowest BCUT2D eigenvalue weighted by Gasteiger charge is -2.29. The van der Waals surface area contributed by atoms with Gasteiger partial charge in [0.25, 0.3) is 0 Å². The van der Waals surface area contributed by atoms with E-state index in [4.69, 9.17) is 16.3 Å². The van der Waals surface area contributed by atoms with E-state index < -0.39 is 0 Å². The Morgan fingerprint density at radius 3 is 2.74 bits per heavy atom. The Hall–Kier alpha value is -2.21. The van der Waals surface area contributed by atoms with E-state index in [2.05, 4.69) is 14.8 Å². The van der Waals surface area contributed by atoms with Gasteiger partial charge in [-0.2, -0.15) is 0 Å². The third-order valence-electron chi connectivity index (χ3n) is 4.28. The molecule has 7 heteroatoms. The number of imidazole rings is 1. The molecule has 0 spiro atoms. The maximum absolute atomic E-state index is 11.8. The van der Waals surface area contributed by atoms with Crippen molar-refractivity contribution in [3.8, 4) is 0 Å². The number of aryl methyl sites for hydroxylation is 1. The van der Waals surface area contributed by atoms with Crippen LogP contribution >= 0.6 is 11.6 Å². The minimum absolute atomic E-state index is 0.0227. The van der Waals surface area contributed by atoms with Crippen LogP contribution in [0, 0.1) is 0 Å². The molecule has 0 bridgehead atoms. The summed E-state index contributed by atoms with van der Waals surface area (Å²) in [4.78, 5) is 20.3. The number of carbonyl (C=O) groups is 1. The molecule has 3 rings (SSSR count). The average molecular weight is 335 g/mol. The summed E-state index contributed by atoms with van der Waals surface area (Å²) in [6.07, 6.45) is 3.64. The topological polar surface area (TPSA) is 50.6 Å². The molecule has 1 aliphatic rings. The molecule has 0 fully saturated rings. The van der Waals surface area contributed by atoms with E-state index in [0.29, 0.717) is 18.0 Å². The van der Waals surface area contributed by atoms with Crippen molar-refractivity contribution in [2.24, 2.45) is 7.05 Å². The normalized spacial score (nSPS) is 16.6. The lowest BCUT2D eigenvalue weighted by Crippen LogP contribution is -2.42. The lowest BCUT2D eigenvalue weighted by atomic mass is 10.1.